The van der Waals surface area contributed by atoms with Gasteiger partial charge in [-0.25, -0.2) is 4.98 Å². The minimum Gasteiger partial charge on any atom is -0.495 e. The van der Waals surface area contributed by atoms with E-state index in [1.165, 1.54) is 16.2 Å². The molecule has 4 aromatic rings. The molecule has 0 N–H and O–H groups in total. The molecule has 0 saturated carbocycles. The van der Waals surface area contributed by atoms with Gasteiger partial charge in [0.15, 0.2) is 5.13 Å². The van der Waals surface area contributed by atoms with E-state index >= 15 is 0 Å². The van der Waals surface area contributed by atoms with E-state index in [4.69, 9.17) is 14.5 Å². The molecule has 6 nitrogen and oxygen atoms in total. The fraction of sp³-hybridized carbons (Fsp3) is 0.240. The number of amides is 1. The van der Waals surface area contributed by atoms with Crippen LogP contribution in [0, 0.1) is 0 Å². The minimum absolute atomic E-state index is 0.0281. The molecular weight excluding hydrogens is 454 g/mol. The van der Waals surface area contributed by atoms with Crippen molar-refractivity contribution in [2.24, 2.45) is 0 Å². The summed E-state index contributed by atoms with van der Waals surface area (Å²) in [5, 5.41) is 0.604. The molecular formula is C25H25N3O3S2. The first-order valence-corrected chi connectivity index (χ1v) is 12.4. The smallest absolute Gasteiger partial charge is 0.233 e. The summed E-state index contributed by atoms with van der Waals surface area (Å²) >= 11 is 3.21. The summed E-state index contributed by atoms with van der Waals surface area (Å²) in [5.41, 5.74) is 2.63. The Labute approximate surface area is 201 Å². The van der Waals surface area contributed by atoms with E-state index in [1.807, 2.05) is 36.4 Å². The van der Waals surface area contributed by atoms with Crippen LogP contribution in [0.15, 0.2) is 65.8 Å². The summed E-state index contributed by atoms with van der Waals surface area (Å²) in [6.45, 7) is 2.52. The lowest BCUT2D eigenvalue weighted by Crippen LogP contribution is -2.31. The van der Waals surface area contributed by atoms with Gasteiger partial charge in [-0.2, -0.15) is 0 Å². The summed E-state index contributed by atoms with van der Waals surface area (Å²) < 4.78 is 11.9. The van der Waals surface area contributed by atoms with Gasteiger partial charge >= 0.3 is 0 Å². The van der Waals surface area contributed by atoms with Crippen LogP contribution in [-0.4, -0.2) is 35.8 Å². The number of ether oxygens (including phenoxy) is 2. The molecule has 0 fully saturated rings. The van der Waals surface area contributed by atoms with Crippen LogP contribution in [0.2, 0.25) is 0 Å². The standard InChI is InChI=1S/C25H25N3O3S2/c1-4-32-19-7-5-17(6-8-19)15-22(29)28(16-18-11-13-26-14-12-18)25-27-23-20(30-2)9-10-21(31-3)24(23)33-25/h5-14H,4,15-16H2,1-3H3. The topological polar surface area (TPSA) is 64.6 Å². The summed E-state index contributed by atoms with van der Waals surface area (Å²) in [6.07, 6.45) is 3.74. The lowest BCUT2D eigenvalue weighted by Gasteiger charge is -2.20. The van der Waals surface area contributed by atoms with Gasteiger partial charge in [0.25, 0.3) is 0 Å². The van der Waals surface area contributed by atoms with Crippen LogP contribution < -0.4 is 14.4 Å². The van der Waals surface area contributed by atoms with E-state index < -0.39 is 0 Å². The van der Waals surface area contributed by atoms with Crippen LogP contribution in [0.1, 0.15) is 18.1 Å². The number of carbonyl (C=O) groups is 1. The molecule has 0 aliphatic rings. The van der Waals surface area contributed by atoms with Crippen molar-refractivity contribution in [3.8, 4) is 11.5 Å². The Morgan fingerprint density at radius 1 is 0.970 bits per heavy atom. The van der Waals surface area contributed by atoms with Crippen molar-refractivity contribution in [1.29, 1.82) is 0 Å². The number of benzene rings is 2. The van der Waals surface area contributed by atoms with E-state index in [2.05, 4.69) is 24.0 Å². The second-order valence-electron chi connectivity index (χ2n) is 7.23. The summed E-state index contributed by atoms with van der Waals surface area (Å²) in [7, 11) is 3.24. The van der Waals surface area contributed by atoms with E-state index in [9.17, 15) is 4.79 Å². The van der Waals surface area contributed by atoms with Crippen molar-refractivity contribution in [1.82, 2.24) is 9.97 Å². The number of thioether (sulfide) groups is 1. The highest BCUT2D eigenvalue weighted by Gasteiger charge is 2.23. The number of carbonyl (C=O) groups excluding carboxylic acids is 1. The average Bonchev–Trinajstić information content (AvgIpc) is 3.29. The molecule has 4 rings (SSSR count). The molecule has 0 saturated heterocycles. The molecule has 0 aliphatic heterocycles. The zero-order valence-electron chi connectivity index (χ0n) is 18.8. The van der Waals surface area contributed by atoms with Crippen LogP contribution in [0.4, 0.5) is 5.13 Å². The third kappa shape index (κ3) is 5.29. The van der Waals surface area contributed by atoms with Crippen LogP contribution >= 0.6 is 23.1 Å². The average molecular weight is 480 g/mol. The number of hydrogen-bond donors (Lipinski definition) is 0. The molecule has 0 aliphatic carbocycles. The molecule has 33 heavy (non-hydrogen) atoms. The second kappa shape index (κ2) is 10.7. The van der Waals surface area contributed by atoms with Crippen molar-refractivity contribution in [3.05, 3.63) is 72.1 Å². The predicted octanol–water partition coefficient (Wildman–Crippen LogP) is 5.60. The number of methoxy groups -OCH3 is 2. The number of thiazole rings is 1. The normalized spacial score (nSPS) is 10.9. The minimum atomic E-state index is -0.0281. The number of anilines is 1. The van der Waals surface area contributed by atoms with Gasteiger partial charge in [-0.05, 0) is 53.3 Å². The van der Waals surface area contributed by atoms with Crippen LogP contribution in [-0.2, 0) is 17.8 Å². The van der Waals surface area contributed by atoms with Crippen molar-refractivity contribution in [3.63, 3.8) is 0 Å². The van der Waals surface area contributed by atoms with Gasteiger partial charge < -0.3 is 9.47 Å². The van der Waals surface area contributed by atoms with E-state index in [0.29, 0.717) is 28.7 Å². The molecule has 8 heteroatoms. The van der Waals surface area contributed by atoms with Gasteiger partial charge in [-0.15, -0.1) is 11.8 Å². The van der Waals surface area contributed by atoms with Crippen molar-refractivity contribution >= 4 is 44.4 Å². The Morgan fingerprint density at radius 2 is 1.67 bits per heavy atom. The Kier molecular flexibility index (Phi) is 7.47. The quantitative estimate of drug-likeness (QED) is 0.291. The largest absolute Gasteiger partial charge is 0.495 e. The summed E-state index contributed by atoms with van der Waals surface area (Å²) in [5.74, 6) is 2.34. The first-order chi connectivity index (χ1) is 16.1. The molecule has 0 radical (unpaired) electrons. The van der Waals surface area contributed by atoms with Crippen molar-refractivity contribution in [2.75, 3.05) is 24.9 Å². The first kappa shape index (κ1) is 23.1. The maximum Gasteiger partial charge on any atom is 0.233 e. The number of nitrogens with zero attached hydrogens (tertiary/aromatic N) is 3. The molecule has 0 unspecified atom stereocenters. The van der Waals surface area contributed by atoms with Crippen molar-refractivity contribution < 1.29 is 14.3 Å². The van der Waals surface area contributed by atoms with E-state index in [0.717, 1.165) is 21.6 Å². The Hall–Kier alpha value is -3.10. The Morgan fingerprint density at radius 3 is 2.33 bits per heavy atom. The van der Waals surface area contributed by atoms with Gasteiger partial charge in [-0.3, -0.25) is 14.7 Å². The molecule has 0 bridgehead atoms. The fourth-order valence-electron chi connectivity index (χ4n) is 3.46. The maximum absolute atomic E-state index is 13.5. The van der Waals surface area contributed by atoms with Gasteiger partial charge in [0.1, 0.15) is 21.7 Å². The Bertz CT molecular complexity index is 1190. The molecule has 2 aromatic heterocycles. The van der Waals surface area contributed by atoms with Crippen molar-refractivity contribution in [2.45, 2.75) is 24.8 Å². The summed E-state index contributed by atoms with van der Waals surface area (Å²) in [4.78, 5) is 25.3. The van der Waals surface area contributed by atoms with Gasteiger partial charge in [-0.1, -0.05) is 30.4 Å². The number of fused-ring (bicyclic) bond motifs is 1. The molecule has 2 heterocycles. The van der Waals surface area contributed by atoms with Crippen LogP contribution in [0.3, 0.4) is 0 Å². The third-order valence-corrected chi connectivity index (χ3v) is 7.10. The van der Waals surface area contributed by atoms with Crippen LogP contribution in [0.25, 0.3) is 10.2 Å². The predicted molar refractivity (Wildman–Crippen MR) is 135 cm³/mol. The number of hydrogen-bond acceptors (Lipinski definition) is 7. The maximum atomic E-state index is 13.5. The Balaban J connectivity index is 1.69. The highest BCUT2D eigenvalue weighted by molar-refractivity contribution is 7.99. The lowest BCUT2D eigenvalue weighted by atomic mass is 10.1. The van der Waals surface area contributed by atoms with E-state index in [-0.39, 0.29) is 12.3 Å². The zero-order valence-corrected chi connectivity index (χ0v) is 20.4. The first-order valence-electron chi connectivity index (χ1n) is 10.6. The van der Waals surface area contributed by atoms with Gasteiger partial charge in [0.2, 0.25) is 5.91 Å². The molecule has 0 spiro atoms. The highest BCUT2D eigenvalue weighted by atomic mass is 32.2. The molecule has 2 aromatic carbocycles. The number of aromatic nitrogens is 2. The molecule has 0 atom stereocenters. The third-order valence-electron chi connectivity index (χ3n) is 5.11. The SMILES string of the molecule is CCSc1ccc(CC(=O)N(Cc2ccncc2)c2nc3c(OC)ccc(OC)c3s2)cc1. The number of pyridine rings is 1. The van der Waals surface area contributed by atoms with Gasteiger partial charge in [0.05, 0.1) is 27.2 Å². The van der Waals surface area contributed by atoms with E-state index in [1.54, 1.807) is 43.3 Å². The number of rotatable bonds is 9. The molecule has 1 amide bonds. The van der Waals surface area contributed by atoms with Crippen LogP contribution in [0.5, 0.6) is 11.5 Å². The zero-order chi connectivity index (χ0) is 23.2. The highest BCUT2D eigenvalue weighted by Crippen LogP contribution is 2.40. The monoisotopic (exact) mass is 479 g/mol. The second-order valence-corrected chi connectivity index (χ2v) is 9.55. The lowest BCUT2D eigenvalue weighted by molar-refractivity contribution is -0.118. The summed E-state index contributed by atoms with van der Waals surface area (Å²) in [6, 6.07) is 15.7. The fourth-order valence-corrected chi connectivity index (χ4v) is 5.22. The molecule has 170 valence electrons. The van der Waals surface area contributed by atoms with Gasteiger partial charge in [0, 0.05) is 17.3 Å².